The van der Waals surface area contributed by atoms with Crippen molar-refractivity contribution in [3.63, 3.8) is 0 Å². The number of nitriles is 1. The molecule has 1 unspecified atom stereocenters. The fraction of sp³-hybridized carbons (Fsp3) is 0.500. The summed E-state index contributed by atoms with van der Waals surface area (Å²) in [5.41, 5.74) is 8.11. The van der Waals surface area contributed by atoms with Crippen molar-refractivity contribution in [2.45, 2.75) is 13.3 Å². The normalized spacial score (nSPS) is 19.7. The van der Waals surface area contributed by atoms with Gasteiger partial charge in [0.15, 0.2) is 0 Å². The van der Waals surface area contributed by atoms with Gasteiger partial charge >= 0.3 is 0 Å². The van der Waals surface area contributed by atoms with Crippen LogP contribution < -0.4 is 11.1 Å². The Labute approximate surface area is 108 Å². The van der Waals surface area contributed by atoms with Crippen LogP contribution in [0.25, 0.3) is 0 Å². The molecule has 1 aromatic carbocycles. The second-order valence-electron chi connectivity index (χ2n) is 4.84. The van der Waals surface area contributed by atoms with E-state index in [1.54, 1.807) is 12.1 Å². The third kappa shape index (κ3) is 2.93. The van der Waals surface area contributed by atoms with E-state index in [0.717, 1.165) is 18.8 Å². The smallest absolute Gasteiger partial charge is 0.0992 e. The zero-order valence-corrected chi connectivity index (χ0v) is 10.8. The van der Waals surface area contributed by atoms with Crippen LogP contribution in [0, 0.1) is 17.2 Å². The van der Waals surface area contributed by atoms with E-state index in [0.29, 0.717) is 17.2 Å². The molecule has 4 nitrogen and oxygen atoms in total. The lowest BCUT2D eigenvalue weighted by Gasteiger charge is -2.15. The Morgan fingerprint density at radius 1 is 1.56 bits per heavy atom. The van der Waals surface area contributed by atoms with E-state index in [-0.39, 0.29) is 0 Å². The molecular weight excluding hydrogens is 224 g/mol. The number of nitrogens with zero attached hydrogens (tertiary/aromatic N) is 2. The van der Waals surface area contributed by atoms with Gasteiger partial charge in [0.05, 0.1) is 23.0 Å². The van der Waals surface area contributed by atoms with Crippen LogP contribution in [0.4, 0.5) is 11.4 Å². The molecule has 1 fully saturated rings. The van der Waals surface area contributed by atoms with Crippen LogP contribution >= 0.6 is 0 Å². The van der Waals surface area contributed by atoms with E-state index in [1.807, 2.05) is 6.07 Å². The topological polar surface area (TPSA) is 65.1 Å². The molecule has 1 heterocycles. The van der Waals surface area contributed by atoms with Gasteiger partial charge in [0.25, 0.3) is 0 Å². The molecule has 96 valence electrons. The van der Waals surface area contributed by atoms with Gasteiger partial charge in [-0.1, -0.05) is 6.92 Å². The third-order valence-electron chi connectivity index (χ3n) is 3.58. The largest absolute Gasteiger partial charge is 0.397 e. The van der Waals surface area contributed by atoms with Gasteiger partial charge in [-0.2, -0.15) is 5.26 Å². The molecule has 4 heteroatoms. The van der Waals surface area contributed by atoms with Crippen LogP contribution in [-0.4, -0.2) is 31.1 Å². The molecule has 1 aliphatic rings. The summed E-state index contributed by atoms with van der Waals surface area (Å²) >= 11 is 0. The second kappa shape index (κ2) is 5.74. The zero-order valence-electron chi connectivity index (χ0n) is 10.8. The quantitative estimate of drug-likeness (QED) is 0.794. The van der Waals surface area contributed by atoms with E-state index >= 15 is 0 Å². The first-order valence-corrected chi connectivity index (χ1v) is 6.48. The number of anilines is 2. The molecule has 3 N–H and O–H groups in total. The first-order valence-electron chi connectivity index (χ1n) is 6.48. The summed E-state index contributed by atoms with van der Waals surface area (Å²) < 4.78 is 0. The van der Waals surface area contributed by atoms with Crippen molar-refractivity contribution in [1.82, 2.24) is 4.90 Å². The summed E-state index contributed by atoms with van der Waals surface area (Å²) in [4.78, 5) is 2.47. The van der Waals surface area contributed by atoms with Gasteiger partial charge in [-0.3, -0.25) is 0 Å². The lowest BCUT2D eigenvalue weighted by molar-refractivity contribution is 0.345. The lowest BCUT2D eigenvalue weighted by Crippen LogP contribution is -2.22. The highest BCUT2D eigenvalue weighted by Gasteiger charge is 2.20. The summed E-state index contributed by atoms with van der Waals surface area (Å²) in [5, 5.41) is 12.2. The van der Waals surface area contributed by atoms with Gasteiger partial charge in [0.1, 0.15) is 0 Å². The van der Waals surface area contributed by atoms with Crippen molar-refractivity contribution in [2.24, 2.45) is 5.92 Å². The highest BCUT2D eigenvalue weighted by atomic mass is 15.1. The average Bonchev–Trinajstić information content (AvgIpc) is 2.85. The maximum atomic E-state index is 8.78. The SMILES string of the molecule is CCN1CCC(CNc2ccc(C#N)cc2N)C1. The van der Waals surface area contributed by atoms with E-state index in [1.165, 1.54) is 19.5 Å². The Morgan fingerprint density at radius 2 is 2.39 bits per heavy atom. The number of benzene rings is 1. The summed E-state index contributed by atoms with van der Waals surface area (Å²) in [5.74, 6) is 0.694. The van der Waals surface area contributed by atoms with Crippen molar-refractivity contribution in [3.8, 4) is 6.07 Å². The number of rotatable bonds is 4. The molecule has 1 saturated heterocycles. The predicted molar refractivity (Wildman–Crippen MR) is 74.3 cm³/mol. The predicted octanol–water partition coefficient (Wildman–Crippen LogP) is 1.89. The van der Waals surface area contributed by atoms with Crippen LogP contribution in [0.5, 0.6) is 0 Å². The monoisotopic (exact) mass is 244 g/mol. The third-order valence-corrected chi connectivity index (χ3v) is 3.58. The Bertz CT molecular complexity index is 450. The molecule has 1 aliphatic heterocycles. The van der Waals surface area contributed by atoms with Crippen molar-refractivity contribution < 1.29 is 0 Å². The summed E-state index contributed by atoms with van der Waals surface area (Å²) in [7, 11) is 0. The van der Waals surface area contributed by atoms with E-state index in [9.17, 15) is 0 Å². The maximum Gasteiger partial charge on any atom is 0.0992 e. The molecule has 0 aliphatic carbocycles. The highest BCUT2D eigenvalue weighted by Crippen LogP contribution is 2.22. The molecule has 0 aromatic heterocycles. The molecular formula is C14H20N4. The maximum absolute atomic E-state index is 8.78. The molecule has 1 atom stereocenters. The van der Waals surface area contributed by atoms with Crippen molar-refractivity contribution >= 4 is 11.4 Å². The van der Waals surface area contributed by atoms with Gasteiger partial charge in [-0.25, -0.2) is 0 Å². The summed E-state index contributed by atoms with van der Waals surface area (Å²) in [6.45, 7) is 6.65. The number of likely N-dealkylation sites (tertiary alicyclic amines) is 1. The Balaban J connectivity index is 1.89. The molecule has 1 aromatic rings. The zero-order chi connectivity index (χ0) is 13.0. The van der Waals surface area contributed by atoms with Crippen LogP contribution in [0.1, 0.15) is 18.9 Å². The van der Waals surface area contributed by atoms with Crippen molar-refractivity contribution in [2.75, 3.05) is 37.2 Å². The average molecular weight is 244 g/mol. The fourth-order valence-electron chi connectivity index (χ4n) is 2.41. The summed E-state index contributed by atoms with van der Waals surface area (Å²) in [6, 6.07) is 7.50. The van der Waals surface area contributed by atoms with E-state index in [4.69, 9.17) is 11.0 Å². The minimum absolute atomic E-state index is 0.607. The van der Waals surface area contributed by atoms with Gasteiger partial charge < -0.3 is 16.0 Å². The number of nitrogens with two attached hydrogens (primary N) is 1. The van der Waals surface area contributed by atoms with Crippen LogP contribution in [0.2, 0.25) is 0 Å². The molecule has 0 amide bonds. The molecule has 0 spiro atoms. The Kier molecular flexibility index (Phi) is 4.06. The summed E-state index contributed by atoms with van der Waals surface area (Å²) in [6.07, 6.45) is 1.25. The number of nitrogens with one attached hydrogen (secondary N) is 1. The van der Waals surface area contributed by atoms with Gasteiger partial charge in [-0.05, 0) is 43.6 Å². The molecule has 2 rings (SSSR count). The van der Waals surface area contributed by atoms with Gasteiger partial charge in [0.2, 0.25) is 0 Å². The molecule has 0 bridgehead atoms. The van der Waals surface area contributed by atoms with E-state index in [2.05, 4.69) is 23.2 Å². The van der Waals surface area contributed by atoms with Crippen molar-refractivity contribution in [3.05, 3.63) is 23.8 Å². The highest BCUT2D eigenvalue weighted by molar-refractivity contribution is 5.68. The standard InChI is InChI=1S/C14H20N4/c1-2-18-6-5-12(10-18)9-17-14-4-3-11(8-15)7-13(14)16/h3-4,7,12,17H,2,5-6,9-10,16H2,1H3. The van der Waals surface area contributed by atoms with Gasteiger partial charge in [-0.15, -0.1) is 0 Å². The van der Waals surface area contributed by atoms with Crippen LogP contribution in [-0.2, 0) is 0 Å². The lowest BCUT2D eigenvalue weighted by atomic mass is 10.1. The Hall–Kier alpha value is -1.73. The van der Waals surface area contributed by atoms with E-state index < -0.39 is 0 Å². The molecule has 18 heavy (non-hydrogen) atoms. The minimum Gasteiger partial charge on any atom is -0.397 e. The fourth-order valence-corrected chi connectivity index (χ4v) is 2.41. The van der Waals surface area contributed by atoms with Gasteiger partial charge in [0, 0.05) is 13.1 Å². The minimum atomic E-state index is 0.607. The molecule has 0 saturated carbocycles. The first kappa shape index (κ1) is 12.7. The number of nitrogen functional groups attached to an aromatic ring is 1. The Morgan fingerprint density at radius 3 is 3.00 bits per heavy atom. The van der Waals surface area contributed by atoms with Crippen LogP contribution in [0.15, 0.2) is 18.2 Å². The van der Waals surface area contributed by atoms with Crippen LogP contribution in [0.3, 0.4) is 0 Å². The number of hydrogen-bond acceptors (Lipinski definition) is 4. The molecule has 0 radical (unpaired) electrons. The first-order chi connectivity index (χ1) is 8.72. The van der Waals surface area contributed by atoms with Crippen molar-refractivity contribution in [1.29, 1.82) is 5.26 Å². The number of hydrogen-bond donors (Lipinski definition) is 2. The second-order valence-corrected chi connectivity index (χ2v) is 4.84.